The summed E-state index contributed by atoms with van der Waals surface area (Å²) in [5, 5.41) is 0. The average Bonchev–Trinajstić information content (AvgIpc) is 2.52. The van der Waals surface area contributed by atoms with Crippen LogP contribution in [0, 0.1) is 0 Å². The summed E-state index contributed by atoms with van der Waals surface area (Å²) in [5.41, 5.74) is 0.207. The third-order valence-electron chi connectivity index (χ3n) is 3.37. The van der Waals surface area contributed by atoms with Crippen molar-refractivity contribution in [1.29, 1.82) is 0 Å². The lowest BCUT2D eigenvalue weighted by Crippen LogP contribution is -2.53. The molecule has 1 atom stereocenters. The van der Waals surface area contributed by atoms with E-state index in [2.05, 4.69) is 4.74 Å². The van der Waals surface area contributed by atoms with Crippen molar-refractivity contribution < 1.29 is 27.5 Å². The summed E-state index contributed by atoms with van der Waals surface area (Å²) in [6.45, 7) is 0.608. The highest BCUT2D eigenvalue weighted by atomic mass is 32.2. The van der Waals surface area contributed by atoms with Crippen LogP contribution in [0.5, 0.6) is 0 Å². The van der Waals surface area contributed by atoms with Crippen LogP contribution in [0.25, 0.3) is 0 Å². The van der Waals surface area contributed by atoms with Gasteiger partial charge >= 0.3 is 5.97 Å². The van der Waals surface area contributed by atoms with Gasteiger partial charge in [-0.1, -0.05) is 6.07 Å². The van der Waals surface area contributed by atoms with Gasteiger partial charge in [0.05, 0.1) is 25.2 Å². The highest BCUT2D eigenvalue weighted by molar-refractivity contribution is 7.90. The van der Waals surface area contributed by atoms with Crippen molar-refractivity contribution in [3.8, 4) is 0 Å². The van der Waals surface area contributed by atoms with E-state index in [9.17, 15) is 18.0 Å². The van der Waals surface area contributed by atoms with Gasteiger partial charge in [0, 0.05) is 18.4 Å². The quantitative estimate of drug-likeness (QED) is 0.732. The van der Waals surface area contributed by atoms with E-state index in [1.54, 1.807) is 0 Å². The van der Waals surface area contributed by atoms with E-state index in [1.165, 1.54) is 36.3 Å². The van der Waals surface area contributed by atoms with Crippen LogP contribution in [0.3, 0.4) is 0 Å². The number of ether oxygens (including phenoxy) is 2. The summed E-state index contributed by atoms with van der Waals surface area (Å²) in [7, 11) is -2.17. The summed E-state index contributed by atoms with van der Waals surface area (Å²) < 4.78 is 33.1. The Balaban J connectivity index is 2.32. The predicted octanol–water partition coefficient (Wildman–Crippen LogP) is 0.104. The highest BCUT2D eigenvalue weighted by Crippen LogP contribution is 2.17. The maximum absolute atomic E-state index is 12.6. The van der Waals surface area contributed by atoms with E-state index < -0.39 is 27.8 Å². The van der Waals surface area contributed by atoms with Crippen molar-refractivity contribution in [2.24, 2.45) is 0 Å². The van der Waals surface area contributed by atoms with E-state index in [1.807, 2.05) is 0 Å². The van der Waals surface area contributed by atoms with Crippen molar-refractivity contribution in [3.63, 3.8) is 0 Å². The lowest BCUT2D eigenvalue weighted by atomic mass is 10.1. The van der Waals surface area contributed by atoms with Gasteiger partial charge in [-0.2, -0.15) is 0 Å². The monoisotopic (exact) mass is 327 g/mol. The fourth-order valence-corrected chi connectivity index (χ4v) is 2.87. The number of methoxy groups -OCH3 is 1. The van der Waals surface area contributed by atoms with Crippen LogP contribution in [0.2, 0.25) is 0 Å². The van der Waals surface area contributed by atoms with E-state index in [-0.39, 0.29) is 23.6 Å². The van der Waals surface area contributed by atoms with Crippen LogP contribution < -0.4 is 0 Å². The number of esters is 1. The summed E-state index contributed by atoms with van der Waals surface area (Å²) in [5.74, 6) is -0.989. The van der Waals surface area contributed by atoms with E-state index in [0.717, 1.165) is 6.26 Å². The molecule has 1 aliphatic heterocycles. The van der Waals surface area contributed by atoms with Gasteiger partial charge in [-0.3, -0.25) is 4.79 Å². The number of rotatable bonds is 3. The molecule has 1 aromatic carbocycles. The Morgan fingerprint density at radius 3 is 2.73 bits per heavy atom. The molecule has 0 N–H and O–H groups in total. The Morgan fingerprint density at radius 2 is 2.09 bits per heavy atom. The number of carbonyl (C=O) groups excluding carboxylic acids is 2. The number of carbonyl (C=O) groups is 2. The first-order valence-electron chi connectivity index (χ1n) is 6.61. The molecule has 0 aromatic heterocycles. The molecule has 22 heavy (non-hydrogen) atoms. The molecule has 1 heterocycles. The van der Waals surface area contributed by atoms with E-state index in [0.29, 0.717) is 6.61 Å². The first-order valence-corrected chi connectivity index (χ1v) is 8.50. The van der Waals surface area contributed by atoms with Crippen LogP contribution >= 0.6 is 0 Å². The Kier molecular flexibility index (Phi) is 4.82. The van der Waals surface area contributed by atoms with Crippen molar-refractivity contribution >= 4 is 21.7 Å². The molecule has 0 radical (unpaired) electrons. The molecule has 1 unspecified atom stereocenters. The van der Waals surface area contributed by atoms with E-state index in [4.69, 9.17) is 4.74 Å². The molecule has 0 bridgehead atoms. The van der Waals surface area contributed by atoms with Gasteiger partial charge in [0.25, 0.3) is 5.91 Å². The second-order valence-corrected chi connectivity index (χ2v) is 6.93. The van der Waals surface area contributed by atoms with Crippen LogP contribution in [0.15, 0.2) is 29.2 Å². The molecule has 8 heteroatoms. The molecule has 0 saturated carbocycles. The summed E-state index contributed by atoms with van der Waals surface area (Å²) in [6.07, 6.45) is 1.07. The third-order valence-corrected chi connectivity index (χ3v) is 4.48. The fraction of sp³-hybridized carbons (Fsp3) is 0.429. The minimum atomic E-state index is -3.41. The van der Waals surface area contributed by atoms with Crippen molar-refractivity contribution in [2.75, 3.05) is 33.1 Å². The maximum Gasteiger partial charge on any atom is 0.331 e. The SMILES string of the molecule is COC(=O)C1COCCN1C(=O)c1cccc(S(C)(=O)=O)c1. The molecule has 1 amide bonds. The largest absolute Gasteiger partial charge is 0.467 e. The number of sulfone groups is 1. The first-order chi connectivity index (χ1) is 10.3. The minimum Gasteiger partial charge on any atom is -0.467 e. The molecule has 1 saturated heterocycles. The number of amides is 1. The summed E-state index contributed by atoms with van der Waals surface area (Å²) >= 11 is 0. The number of hydrogen-bond acceptors (Lipinski definition) is 6. The van der Waals surface area contributed by atoms with Gasteiger partial charge in [-0.25, -0.2) is 13.2 Å². The van der Waals surface area contributed by atoms with Gasteiger partial charge in [0.2, 0.25) is 0 Å². The topological polar surface area (TPSA) is 90.0 Å². The lowest BCUT2D eigenvalue weighted by molar-refractivity contribution is -0.151. The normalized spacial score (nSPS) is 18.8. The molecule has 120 valence electrons. The fourth-order valence-electron chi connectivity index (χ4n) is 2.20. The summed E-state index contributed by atoms with van der Waals surface area (Å²) in [6, 6.07) is 4.91. The average molecular weight is 327 g/mol. The van der Waals surface area contributed by atoms with Gasteiger partial charge in [-0.15, -0.1) is 0 Å². The number of nitrogens with zero attached hydrogens (tertiary/aromatic N) is 1. The third kappa shape index (κ3) is 3.45. The molecule has 1 fully saturated rings. The lowest BCUT2D eigenvalue weighted by Gasteiger charge is -2.33. The number of morpholine rings is 1. The standard InChI is InChI=1S/C14H17NO6S/c1-20-14(17)12-9-21-7-6-15(12)13(16)10-4-3-5-11(8-10)22(2,18)19/h3-5,8,12H,6-7,9H2,1-2H3. The predicted molar refractivity (Wildman–Crippen MR) is 77.2 cm³/mol. The van der Waals surface area contributed by atoms with Crippen molar-refractivity contribution in [2.45, 2.75) is 10.9 Å². The zero-order chi connectivity index (χ0) is 16.3. The number of hydrogen-bond donors (Lipinski definition) is 0. The minimum absolute atomic E-state index is 0.0567. The Morgan fingerprint density at radius 1 is 1.36 bits per heavy atom. The molecular weight excluding hydrogens is 310 g/mol. The molecule has 0 aliphatic carbocycles. The zero-order valence-electron chi connectivity index (χ0n) is 12.3. The van der Waals surface area contributed by atoms with Crippen molar-refractivity contribution in [1.82, 2.24) is 4.90 Å². The van der Waals surface area contributed by atoms with Gasteiger partial charge in [-0.05, 0) is 18.2 Å². The van der Waals surface area contributed by atoms with Gasteiger partial charge in [0.1, 0.15) is 0 Å². The molecule has 2 rings (SSSR count). The molecular formula is C14H17NO6S. The summed E-state index contributed by atoms with van der Waals surface area (Å²) in [4.78, 5) is 25.7. The Hall–Kier alpha value is -1.93. The molecule has 7 nitrogen and oxygen atoms in total. The smallest absolute Gasteiger partial charge is 0.331 e. The zero-order valence-corrected chi connectivity index (χ0v) is 13.1. The second kappa shape index (κ2) is 6.45. The van der Waals surface area contributed by atoms with Crippen LogP contribution in [0.4, 0.5) is 0 Å². The van der Waals surface area contributed by atoms with Gasteiger partial charge in [0.15, 0.2) is 15.9 Å². The van der Waals surface area contributed by atoms with Crippen LogP contribution in [0.1, 0.15) is 10.4 Å². The van der Waals surface area contributed by atoms with E-state index >= 15 is 0 Å². The maximum atomic E-state index is 12.6. The molecule has 1 aliphatic rings. The van der Waals surface area contributed by atoms with Crippen LogP contribution in [-0.2, 0) is 24.1 Å². The second-order valence-electron chi connectivity index (χ2n) is 4.91. The molecule has 0 spiro atoms. The first kappa shape index (κ1) is 16.4. The highest BCUT2D eigenvalue weighted by Gasteiger charge is 2.34. The van der Waals surface area contributed by atoms with Crippen molar-refractivity contribution in [3.05, 3.63) is 29.8 Å². The Labute approximate surface area is 128 Å². The van der Waals surface area contributed by atoms with Crippen LogP contribution in [-0.4, -0.2) is 64.4 Å². The van der Waals surface area contributed by atoms with Gasteiger partial charge < -0.3 is 14.4 Å². The molecule has 1 aromatic rings. The Bertz CT molecular complexity index is 684. The number of benzene rings is 1.